The topological polar surface area (TPSA) is 89.1 Å². The average molecular weight is 414 g/mol. The maximum absolute atomic E-state index is 12.9. The lowest BCUT2D eigenvalue weighted by atomic mass is 10.0. The standard InChI is InChI=1S/C24H22N4O3/c1-15-3-6-17(7-4-15)18-9-10-25-22-21(18)23(29)28-24(27-22)26-14-16-5-8-19-20(13-16)31-12-2-11-30-19/h3-10,13H,2,11-12,14H2,1H3,(H2,25,26,27,28,29). The molecule has 2 aromatic heterocycles. The molecule has 0 spiro atoms. The molecule has 5 rings (SSSR count). The first-order valence-corrected chi connectivity index (χ1v) is 10.3. The van der Waals surface area contributed by atoms with Gasteiger partial charge in [0.25, 0.3) is 5.56 Å². The summed E-state index contributed by atoms with van der Waals surface area (Å²) in [5.41, 5.74) is 4.10. The van der Waals surface area contributed by atoms with Crippen molar-refractivity contribution < 1.29 is 9.47 Å². The summed E-state index contributed by atoms with van der Waals surface area (Å²) in [6.45, 7) is 3.80. The number of hydrogen-bond acceptors (Lipinski definition) is 6. The van der Waals surface area contributed by atoms with Gasteiger partial charge in [-0.15, -0.1) is 0 Å². The number of hydrogen-bond donors (Lipinski definition) is 2. The van der Waals surface area contributed by atoms with Gasteiger partial charge in [0.15, 0.2) is 17.1 Å². The average Bonchev–Trinajstić information content (AvgIpc) is 3.03. The van der Waals surface area contributed by atoms with Gasteiger partial charge in [-0.3, -0.25) is 9.78 Å². The van der Waals surface area contributed by atoms with E-state index in [9.17, 15) is 4.79 Å². The van der Waals surface area contributed by atoms with E-state index in [0.29, 0.717) is 36.7 Å². The summed E-state index contributed by atoms with van der Waals surface area (Å²) in [5.74, 6) is 1.87. The van der Waals surface area contributed by atoms with Crippen molar-refractivity contribution in [3.8, 4) is 22.6 Å². The highest BCUT2D eigenvalue weighted by atomic mass is 16.5. The Balaban J connectivity index is 1.42. The number of anilines is 1. The maximum Gasteiger partial charge on any atom is 0.262 e. The molecule has 0 saturated carbocycles. The van der Waals surface area contributed by atoms with E-state index in [1.165, 1.54) is 0 Å². The number of benzene rings is 2. The van der Waals surface area contributed by atoms with Crippen molar-refractivity contribution in [1.82, 2.24) is 15.0 Å². The first kappa shape index (κ1) is 19.1. The number of aromatic amines is 1. The predicted octanol–water partition coefficient (Wildman–Crippen LogP) is 4.07. The lowest BCUT2D eigenvalue weighted by Gasteiger charge is -2.11. The van der Waals surface area contributed by atoms with Crippen LogP contribution in [0.5, 0.6) is 11.5 Å². The minimum atomic E-state index is -0.227. The van der Waals surface area contributed by atoms with Gasteiger partial charge in [-0.05, 0) is 41.8 Å². The second-order valence-corrected chi connectivity index (χ2v) is 7.52. The zero-order valence-electron chi connectivity index (χ0n) is 17.1. The molecule has 3 heterocycles. The summed E-state index contributed by atoms with van der Waals surface area (Å²) in [6, 6.07) is 15.7. The van der Waals surface area contributed by atoms with Crippen LogP contribution in [0.25, 0.3) is 22.2 Å². The van der Waals surface area contributed by atoms with Crippen LogP contribution in [0.2, 0.25) is 0 Å². The van der Waals surface area contributed by atoms with Crippen molar-refractivity contribution in [2.24, 2.45) is 0 Å². The smallest absolute Gasteiger partial charge is 0.262 e. The summed E-state index contributed by atoms with van der Waals surface area (Å²) in [4.78, 5) is 24.6. The molecule has 7 nitrogen and oxygen atoms in total. The molecule has 0 fully saturated rings. The Morgan fingerprint density at radius 2 is 1.84 bits per heavy atom. The molecule has 2 aromatic carbocycles. The summed E-state index contributed by atoms with van der Waals surface area (Å²) in [6.07, 6.45) is 2.54. The molecule has 0 saturated heterocycles. The van der Waals surface area contributed by atoms with E-state index in [1.54, 1.807) is 6.20 Å². The van der Waals surface area contributed by atoms with Crippen LogP contribution < -0.4 is 20.3 Å². The third-order valence-electron chi connectivity index (χ3n) is 5.24. The van der Waals surface area contributed by atoms with Crippen LogP contribution in [0, 0.1) is 6.92 Å². The molecule has 4 aromatic rings. The van der Waals surface area contributed by atoms with E-state index in [1.807, 2.05) is 55.5 Å². The molecular weight excluding hydrogens is 392 g/mol. The lowest BCUT2D eigenvalue weighted by molar-refractivity contribution is 0.297. The second-order valence-electron chi connectivity index (χ2n) is 7.52. The van der Waals surface area contributed by atoms with Crippen LogP contribution in [0.4, 0.5) is 5.95 Å². The SMILES string of the molecule is Cc1ccc(-c2ccnc3nc(NCc4ccc5c(c4)OCCCO5)[nH]c(=O)c23)cc1. The van der Waals surface area contributed by atoms with Crippen molar-refractivity contribution in [1.29, 1.82) is 0 Å². The van der Waals surface area contributed by atoms with Gasteiger partial charge in [-0.1, -0.05) is 35.9 Å². The number of aryl methyl sites for hydroxylation is 1. The molecule has 31 heavy (non-hydrogen) atoms. The van der Waals surface area contributed by atoms with Crippen molar-refractivity contribution in [3.05, 3.63) is 76.2 Å². The van der Waals surface area contributed by atoms with Crippen molar-refractivity contribution in [2.75, 3.05) is 18.5 Å². The molecule has 1 aliphatic heterocycles. The Labute approximate surface area is 179 Å². The highest BCUT2D eigenvalue weighted by molar-refractivity contribution is 5.92. The zero-order valence-corrected chi connectivity index (χ0v) is 17.1. The van der Waals surface area contributed by atoms with Crippen LogP contribution in [-0.2, 0) is 6.54 Å². The first-order chi connectivity index (χ1) is 15.2. The fraction of sp³-hybridized carbons (Fsp3) is 0.208. The molecule has 1 aliphatic rings. The monoisotopic (exact) mass is 414 g/mol. The van der Waals surface area contributed by atoms with E-state index in [0.717, 1.165) is 40.2 Å². The Hall–Kier alpha value is -3.87. The molecule has 0 radical (unpaired) electrons. The van der Waals surface area contributed by atoms with Crippen LogP contribution in [-0.4, -0.2) is 28.2 Å². The van der Waals surface area contributed by atoms with Gasteiger partial charge in [-0.2, -0.15) is 4.98 Å². The number of fused-ring (bicyclic) bond motifs is 2. The van der Waals surface area contributed by atoms with Gasteiger partial charge in [0.1, 0.15) is 0 Å². The highest BCUT2D eigenvalue weighted by Gasteiger charge is 2.13. The van der Waals surface area contributed by atoms with E-state index in [-0.39, 0.29) is 5.56 Å². The number of nitrogens with zero attached hydrogens (tertiary/aromatic N) is 2. The van der Waals surface area contributed by atoms with Gasteiger partial charge in [0.2, 0.25) is 5.95 Å². The largest absolute Gasteiger partial charge is 0.490 e. The highest BCUT2D eigenvalue weighted by Crippen LogP contribution is 2.30. The van der Waals surface area contributed by atoms with Gasteiger partial charge in [-0.25, -0.2) is 4.98 Å². The number of nitrogens with one attached hydrogen (secondary N) is 2. The van der Waals surface area contributed by atoms with Crippen molar-refractivity contribution in [3.63, 3.8) is 0 Å². The Morgan fingerprint density at radius 3 is 2.68 bits per heavy atom. The summed E-state index contributed by atoms with van der Waals surface area (Å²) < 4.78 is 11.4. The molecule has 0 bridgehead atoms. The predicted molar refractivity (Wildman–Crippen MR) is 120 cm³/mol. The fourth-order valence-corrected chi connectivity index (χ4v) is 3.62. The lowest BCUT2D eigenvalue weighted by Crippen LogP contribution is -2.14. The van der Waals surface area contributed by atoms with E-state index < -0.39 is 0 Å². The Morgan fingerprint density at radius 1 is 1.03 bits per heavy atom. The fourth-order valence-electron chi connectivity index (χ4n) is 3.62. The van der Waals surface area contributed by atoms with Crippen LogP contribution in [0.1, 0.15) is 17.5 Å². The van der Waals surface area contributed by atoms with Gasteiger partial charge < -0.3 is 14.8 Å². The van der Waals surface area contributed by atoms with Gasteiger partial charge in [0, 0.05) is 19.2 Å². The minimum Gasteiger partial charge on any atom is -0.490 e. The van der Waals surface area contributed by atoms with Crippen molar-refractivity contribution in [2.45, 2.75) is 19.9 Å². The number of pyridine rings is 1. The molecule has 0 atom stereocenters. The number of aromatic nitrogens is 3. The minimum absolute atomic E-state index is 0.227. The summed E-state index contributed by atoms with van der Waals surface area (Å²) >= 11 is 0. The number of H-pyrrole nitrogens is 1. The van der Waals surface area contributed by atoms with Gasteiger partial charge in [0.05, 0.1) is 18.6 Å². The molecule has 0 aliphatic carbocycles. The van der Waals surface area contributed by atoms with Crippen LogP contribution in [0.15, 0.2) is 59.5 Å². The quantitative estimate of drug-likeness (QED) is 0.523. The molecule has 2 N–H and O–H groups in total. The van der Waals surface area contributed by atoms with Crippen LogP contribution >= 0.6 is 0 Å². The molecule has 7 heteroatoms. The summed E-state index contributed by atoms with van der Waals surface area (Å²) in [5, 5.41) is 3.66. The Kier molecular flexibility index (Phi) is 5.00. The van der Waals surface area contributed by atoms with Crippen molar-refractivity contribution >= 4 is 17.0 Å². The number of rotatable bonds is 4. The maximum atomic E-state index is 12.9. The van der Waals surface area contributed by atoms with E-state index in [4.69, 9.17) is 9.47 Å². The first-order valence-electron chi connectivity index (χ1n) is 10.3. The zero-order chi connectivity index (χ0) is 21.2. The summed E-state index contributed by atoms with van der Waals surface area (Å²) in [7, 11) is 0. The van der Waals surface area contributed by atoms with E-state index >= 15 is 0 Å². The molecular formula is C24H22N4O3. The third-order valence-corrected chi connectivity index (χ3v) is 5.24. The van der Waals surface area contributed by atoms with Gasteiger partial charge >= 0.3 is 0 Å². The van der Waals surface area contributed by atoms with Crippen LogP contribution in [0.3, 0.4) is 0 Å². The Bertz CT molecular complexity index is 1300. The molecule has 156 valence electrons. The normalized spacial score (nSPS) is 13.1. The van der Waals surface area contributed by atoms with E-state index in [2.05, 4.69) is 20.3 Å². The molecule has 0 amide bonds. The number of ether oxygens (including phenoxy) is 2. The molecule has 0 unspecified atom stereocenters. The second kappa shape index (κ2) is 8.10. The third kappa shape index (κ3) is 3.94.